The van der Waals surface area contributed by atoms with Crippen LogP contribution in [0.4, 0.5) is 0 Å². The van der Waals surface area contributed by atoms with E-state index in [0.29, 0.717) is 32.1 Å². The van der Waals surface area contributed by atoms with Gasteiger partial charge in [0.15, 0.2) is 49.8 Å². The number of fused-ring (bicyclic) bond motifs is 2. The molecule has 0 spiro atoms. The summed E-state index contributed by atoms with van der Waals surface area (Å²) in [6.45, 7) is 15.2. The fourth-order valence-corrected chi connectivity index (χ4v) is 11.9. The standard InChI is InChI=1S/C61H106O24/c1-10-13-15-16-18-22-27-31-40(63)80-55-54(85-57-46(69)44(67)41(64)33(5)73-57)50(83-58-48(71)51(43(66)35(7)74-58)81-56(72)32(4)12-3)37(9)77-61(55)82-49-36(8)76-60-53(47(49)70)79-39(62)30-26-23-20-17-19-21-25-29-38(28-24-14-11-2)78-59-52(84-60)45(68)42(65)34(6)75-59/h32-38,41-55,57-61,64-71H,10-31H2,1-9H3. The van der Waals surface area contributed by atoms with Gasteiger partial charge in [-0.15, -0.1) is 0 Å². The van der Waals surface area contributed by atoms with Gasteiger partial charge in [-0.2, -0.15) is 0 Å². The summed E-state index contributed by atoms with van der Waals surface area (Å²) in [4.78, 5) is 41.3. The summed E-state index contributed by atoms with van der Waals surface area (Å²) < 4.78 is 82.3. The smallest absolute Gasteiger partial charge is 0.309 e. The zero-order valence-corrected chi connectivity index (χ0v) is 51.8. The van der Waals surface area contributed by atoms with E-state index in [0.717, 1.165) is 96.3 Å². The highest BCUT2D eigenvalue weighted by molar-refractivity contribution is 5.72. The van der Waals surface area contributed by atoms with Crippen LogP contribution in [-0.2, 0) is 76.0 Å². The summed E-state index contributed by atoms with van der Waals surface area (Å²) in [5.41, 5.74) is 0. The number of rotatable bonds is 22. The number of carbonyl (C=O) groups is 3. The Labute approximate surface area is 502 Å². The van der Waals surface area contributed by atoms with Crippen LogP contribution >= 0.6 is 0 Å². The van der Waals surface area contributed by atoms with Gasteiger partial charge < -0.3 is 102 Å². The summed E-state index contributed by atoms with van der Waals surface area (Å²) >= 11 is 0. The van der Waals surface area contributed by atoms with Crippen molar-refractivity contribution in [3.05, 3.63) is 0 Å². The molecule has 494 valence electrons. The summed E-state index contributed by atoms with van der Waals surface area (Å²) in [5.74, 6) is -2.72. The van der Waals surface area contributed by atoms with E-state index in [1.165, 1.54) is 20.8 Å². The average Bonchev–Trinajstić information content (AvgIpc) is 1.47. The maximum absolute atomic E-state index is 14.3. The highest BCUT2D eigenvalue weighted by atomic mass is 16.8. The maximum Gasteiger partial charge on any atom is 0.309 e. The number of hydrogen-bond donors (Lipinski definition) is 8. The first-order valence-electron chi connectivity index (χ1n) is 32.2. The van der Waals surface area contributed by atoms with Crippen molar-refractivity contribution in [1.29, 1.82) is 0 Å². The second-order valence-electron chi connectivity index (χ2n) is 24.6. The van der Waals surface area contributed by atoms with Crippen molar-refractivity contribution in [3.63, 3.8) is 0 Å². The van der Waals surface area contributed by atoms with E-state index in [1.54, 1.807) is 27.7 Å². The van der Waals surface area contributed by atoms with Crippen LogP contribution in [0.5, 0.6) is 0 Å². The number of esters is 3. The van der Waals surface area contributed by atoms with E-state index >= 15 is 0 Å². The van der Waals surface area contributed by atoms with Gasteiger partial charge in [-0.3, -0.25) is 14.4 Å². The lowest BCUT2D eigenvalue weighted by Crippen LogP contribution is -2.68. The van der Waals surface area contributed by atoms with E-state index in [1.807, 2.05) is 0 Å². The predicted octanol–water partition coefficient (Wildman–Crippen LogP) is 4.55. The topological polar surface area (TPSA) is 333 Å². The monoisotopic (exact) mass is 1220 g/mol. The minimum absolute atomic E-state index is 0.0222. The van der Waals surface area contributed by atoms with Crippen molar-refractivity contribution in [3.8, 4) is 0 Å². The molecule has 6 fully saturated rings. The van der Waals surface area contributed by atoms with Crippen LogP contribution in [-0.4, -0.2) is 218 Å². The first kappa shape index (κ1) is 71.8. The molecule has 27 unspecified atom stereocenters. The molecule has 6 aliphatic rings. The molecule has 24 heteroatoms. The molecule has 6 saturated heterocycles. The fraction of sp³-hybridized carbons (Fsp3) is 0.951. The molecule has 0 radical (unpaired) electrons. The van der Waals surface area contributed by atoms with E-state index in [4.69, 9.17) is 61.6 Å². The number of carbonyl (C=O) groups excluding carboxylic acids is 3. The molecule has 6 aliphatic heterocycles. The van der Waals surface area contributed by atoms with Gasteiger partial charge >= 0.3 is 17.9 Å². The van der Waals surface area contributed by atoms with Crippen molar-refractivity contribution in [2.75, 3.05) is 0 Å². The molecule has 0 saturated carbocycles. The van der Waals surface area contributed by atoms with Gasteiger partial charge in [-0.25, -0.2) is 0 Å². The van der Waals surface area contributed by atoms with Crippen LogP contribution in [0.1, 0.15) is 204 Å². The van der Waals surface area contributed by atoms with Crippen molar-refractivity contribution < 1.29 is 117 Å². The molecule has 0 aromatic rings. The number of hydrogen-bond acceptors (Lipinski definition) is 24. The van der Waals surface area contributed by atoms with Crippen LogP contribution in [0.3, 0.4) is 0 Å². The van der Waals surface area contributed by atoms with E-state index < -0.39 is 177 Å². The molecule has 8 N–H and O–H groups in total. The van der Waals surface area contributed by atoms with Crippen molar-refractivity contribution in [2.24, 2.45) is 5.92 Å². The molecular formula is C61H106O24. The molecule has 6 rings (SSSR count). The van der Waals surface area contributed by atoms with E-state index in [9.17, 15) is 55.2 Å². The Balaban J connectivity index is 1.36. The second-order valence-corrected chi connectivity index (χ2v) is 24.6. The highest BCUT2D eigenvalue weighted by Crippen LogP contribution is 2.39. The zero-order valence-electron chi connectivity index (χ0n) is 51.8. The molecule has 0 aliphatic carbocycles. The minimum atomic E-state index is -1.91. The molecule has 6 heterocycles. The first-order valence-corrected chi connectivity index (χ1v) is 32.2. The Hall–Kier alpha value is -2.31. The largest absolute Gasteiger partial charge is 0.456 e. The van der Waals surface area contributed by atoms with Gasteiger partial charge in [0.2, 0.25) is 0 Å². The molecule has 24 nitrogen and oxygen atoms in total. The normalized spacial score (nSPS) is 42.3. The van der Waals surface area contributed by atoms with Crippen LogP contribution < -0.4 is 0 Å². The predicted molar refractivity (Wildman–Crippen MR) is 301 cm³/mol. The van der Waals surface area contributed by atoms with Crippen molar-refractivity contribution >= 4 is 17.9 Å². The summed E-state index contributed by atoms with van der Waals surface area (Å²) in [5, 5.41) is 91.9. The molecule has 27 atom stereocenters. The number of ether oxygens (including phenoxy) is 13. The van der Waals surface area contributed by atoms with Gasteiger partial charge in [0.25, 0.3) is 0 Å². The van der Waals surface area contributed by atoms with Gasteiger partial charge in [0.05, 0.1) is 42.5 Å². The Bertz CT molecular complexity index is 1950. The SMILES string of the molecule is CCCCCCCCCC(=O)OC1C(OC2C(C)OC3OC4C(OC(CCCCC)CCCCCCCCCC(=O)OC3C2O)OC(C)C(O)C4O)OC(C)C(OC2OC(C)C(O)C(OC(=O)C(C)CC)C2O)C1OC1OC(C)C(O)C(O)C1O. The third kappa shape index (κ3) is 19.8. The van der Waals surface area contributed by atoms with Crippen LogP contribution in [0, 0.1) is 5.92 Å². The lowest BCUT2D eigenvalue weighted by Gasteiger charge is -2.51. The Morgan fingerprint density at radius 1 is 0.471 bits per heavy atom. The van der Waals surface area contributed by atoms with Crippen molar-refractivity contribution in [1.82, 2.24) is 0 Å². The van der Waals surface area contributed by atoms with Gasteiger partial charge in [0.1, 0.15) is 73.2 Å². The summed E-state index contributed by atoms with van der Waals surface area (Å²) in [6, 6.07) is 0. The van der Waals surface area contributed by atoms with E-state index in [-0.39, 0.29) is 18.9 Å². The van der Waals surface area contributed by atoms with Crippen LogP contribution in [0.25, 0.3) is 0 Å². The molecule has 0 amide bonds. The second kappa shape index (κ2) is 35.3. The summed E-state index contributed by atoms with van der Waals surface area (Å²) in [6.07, 6.45) is -21.5. The quantitative estimate of drug-likeness (QED) is 0.0419. The molecule has 0 bridgehead atoms. The molecule has 0 aromatic heterocycles. The fourth-order valence-electron chi connectivity index (χ4n) is 11.9. The molecular weight excluding hydrogens is 1120 g/mol. The van der Waals surface area contributed by atoms with Gasteiger partial charge in [-0.05, 0) is 66.7 Å². The van der Waals surface area contributed by atoms with Crippen LogP contribution in [0.2, 0.25) is 0 Å². The van der Waals surface area contributed by atoms with Crippen LogP contribution in [0.15, 0.2) is 0 Å². The number of aliphatic hydroxyl groups excluding tert-OH is 8. The summed E-state index contributed by atoms with van der Waals surface area (Å²) in [7, 11) is 0. The number of unbranched alkanes of at least 4 members (excludes halogenated alkanes) is 8. The molecule has 85 heavy (non-hydrogen) atoms. The van der Waals surface area contributed by atoms with Gasteiger partial charge in [-0.1, -0.05) is 124 Å². The lowest BCUT2D eigenvalue weighted by atomic mass is 9.95. The van der Waals surface area contributed by atoms with Crippen molar-refractivity contribution in [2.45, 2.75) is 363 Å². The first-order chi connectivity index (χ1) is 40.6. The van der Waals surface area contributed by atoms with E-state index in [2.05, 4.69) is 13.8 Å². The Morgan fingerprint density at radius 2 is 1.00 bits per heavy atom. The maximum atomic E-state index is 14.3. The third-order valence-electron chi connectivity index (χ3n) is 17.7. The minimum Gasteiger partial charge on any atom is -0.456 e. The number of aliphatic hydroxyl groups is 8. The molecule has 0 aromatic carbocycles. The Morgan fingerprint density at radius 3 is 1.68 bits per heavy atom. The van der Waals surface area contributed by atoms with Gasteiger partial charge in [0, 0.05) is 12.8 Å². The highest BCUT2D eigenvalue weighted by Gasteiger charge is 2.58. The lowest BCUT2D eigenvalue weighted by molar-refractivity contribution is -0.399. The zero-order chi connectivity index (χ0) is 62.1. The Kier molecular flexibility index (Phi) is 29.8. The third-order valence-corrected chi connectivity index (χ3v) is 17.7. The average molecular weight is 1220 g/mol.